The minimum Gasteiger partial charge on any atom is -0.369 e. The van der Waals surface area contributed by atoms with E-state index < -0.39 is 0 Å². The number of hydrogen-bond acceptors (Lipinski definition) is 4. The van der Waals surface area contributed by atoms with Crippen LogP contribution in [0, 0.1) is 12.8 Å². The normalized spacial score (nSPS) is 16.2. The molecule has 2 aromatic rings. The van der Waals surface area contributed by atoms with Crippen molar-refractivity contribution in [1.29, 1.82) is 0 Å². The summed E-state index contributed by atoms with van der Waals surface area (Å²) in [5, 5.41) is 3.23. The highest BCUT2D eigenvalue weighted by Crippen LogP contribution is 2.21. The molecule has 0 radical (unpaired) electrons. The van der Waals surface area contributed by atoms with Gasteiger partial charge in [-0.15, -0.1) is 0 Å². The Hall–Kier alpha value is -2.40. The van der Waals surface area contributed by atoms with Crippen molar-refractivity contribution in [1.82, 2.24) is 15.2 Å². The number of piperazine rings is 1. The van der Waals surface area contributed by atoms with E-state index in [0.29, 0.717) is 12.5 Å². The van der Waals surface area contributed by atoms with Gasteiger partial charge in [0.25, 0.3) is 0 Å². The van der Waals surface area contributed by atoms with Crippen molar-refractivity contribution in [2.45, 2.75) is 33.2 Å². The molecular weight excluding hydrogens is 348 g/mol. The fourth-order valence-corrected chi connectivity index (χ4v) is 3.76. The maximum Gasteiger partial charge on any atom is 0.234 e. The van der Waals surface area contributed by atoms with E-state index in [9.17, 15) is 4.79 Å². The molecule has 1 fully saturated rings. The molecule has 1 aromatic heterocycles. The molecule has 5 heteroatoms. The van der Waals surface area contributed by atoms with Crippen molar-refractivity contribution in [2.75, 3.05) is 37.6 Å². The number of aryl methyl sites for hydroxylation is 1. The molecule has 1 saturated heterocycles. The van der Waals surface area contributed by atoms with E-state index in [1.54, 1.807) is 6.20 Å². The minimum absolute atomic E-state index is 0.0229. The second kappa shape index (κ2) is 9.69. The zero-order chi connectivity index (χ0) is 19.9. The van der Waals surface area contributed by atoms with E-state index in [1.807, 2.05) is 18.3 Å². The number of pyridine rings is 1. The highest BCUT2D eigenvalue weighted by atomic mass is 16.2. The standard InChI is InChI=1S/C23H32N4O/c1-18(2)14-22(20-7-5-9-24-16-20)25-23(28)17-26-10-12-27(13-11-26)21-8-4-6-19(3)15-21/h4-9,15-16,18,22H,10-14,17H2,1-3H3,(H,25,28). The van der Waals surface area contributed by atoms with Crippen LogP contribution in [0.25, 0.3) is 0 Å². The lowest BCUT2D eigenvalue weighted by Gasteiger charge is -2.36. The lowest BCUT2D eigenvalue weighted by atomic mass is 9.98. The summed E-state index contributed by atoms with van der Waals surface area (Å²) in [6, 6.07) is 12.6. The van der Waals surface area contributed by atoms with Crippen LogP contribution in [-0.2, 0) is 4.79 Å². The predicted molar refractivity (Wildman–Crippen MR) is 114 cm³/mol. The summed E-state index contributed by atoms with van der Waals surface area (Å²) in [7, 11) is 0. The van der Waals surface area contributed by atoms with Gasteiger partial charge in [0, 0.05) is 44.3 Å². The number of anilines is 1. The van der Waals surface area contributed by atoms with E-state index >= 15 is 0 Å². The van der Waals surface area contributed by atoms with Crippen LogP contribution in [0.3, 0.4) is 0 Å². The lowest BCUT2D eigenvalue weighted by molar-refractivity contribution is -0.123. The average molecular weight is 381 g/mol. The highest BCUT2D eigenvalue weighted by Gasteiger charge is 2.21. The number of carbonyl (C=O) groups is 1. The Bertz CT molecular complexity index is 754. The van der Waals surface area contributed by atoms with Crippen molar-refractivity contribution in [3.05, 3.63) is 59.9 Å². The molecular formula is C23H32N4O. The van der Waals surface area contributed by atoms with Crippen molar-refractivity contribution in [3.8, 4) is 0 Å². The molecule has 1 unspecified atom stereocenters. The van der Waals surface area contributed by atoms with Gasteiger partial charge in [0.1, 0.15) is 0 Å². The van der Waals surface area contributed by atoms with Gasteiger partial charge in [-0.3, -0.25) is 14.7 Å². The Kier molecular flexibility index (Phi) is 7.04. The van der Waals surface area contributed by atoms with Gasteiger partial charge in [0.2, 0.25) is 5.91 Å². The summed E-state index contributed by atoms with van der Waals surface area (Å²) < 4.78 is 0. The van der Waals surface area contributed by atoms with Crippen LogP contribution >= 0.6 is 0 Å². The van der Waals surface area contributed by atoms with Crippen LogP contribution in [0.5, 0.6) is 0 Å². The Labute approximate surface area is 168 Å². The lowest BCUT2D eigenvalue weighted by Crippen LogP contribution is -2.49. The first-order valence-electron chi connectivity index (χ1n) is 10.2. The molecule has 5 nitrogen and oxygen atoms in total. The number of amides is 1. The van der Waals surface area contributed by atoms with E-state index in [1.165, 1.54) is 11.3 Å². The number of benzene rings is 1. The van der Waals surface area contributed by atoms with Crippen molar-refractivity contribution in [2.24, 2.45) is 5.92 Å². The summed E-state index contributed by atoms with van der Waals surface area (Å²) >= 11 is 0. The molecule has 1 aliphatic heterocycles. The van der Waals surface area contributed by atoms with E-state index in [0.717, 1.165) is 38.2 Å². The Morgan fingerprint density at radius 2 is 1.93 bits per heavy atom. The number of rotatable bonds is 7. The number of nitrogens with one attached hydrogen (secondary N) is 1. The summed E-state index contributed by atoms with van der Waals surface area (Å²) in [4.78, 5) is 21.5. The first-order chi connectivity index (χ1) is 13.5. The number of carbonyl (C=O) groups excluding carboxylic acids is 1. The summed E-state index contributed by atoms with van der Waals surface area (Å²) in [5.41, 5.74) is 3.64. The van der Waals surface area contributed by atoms with Crippen LogP contribution in [-0.4, -0.2) is 48.5 Å². The quantitative estimate of drug-likeness (QED) is 0.800. The van der Waals surface area contributed by atoms with E-state index in [-0.39, 0.29) is 11.9 Å². The fourth-order valence-electron chi connectivity index (χ4n) is 3.76. The average Bonchev–Trinajstić information content (AvgIpc) is 2.68. The maximum atomic E-state index is 12.7. The fraction of sp³-hybridized carbons (Fsp3) is 0.478. The highest BCUT2D eigenvalue weighted by molar-refractivity contribution is 5.78. The Balaban J connectivity index is 1.52. The molecule has 1 aliphatic rings. The third-order valence-corrected chi connectivity index (χ3v) is 5.24. The summed E-state index contributed by atoms with van der Waals surface area (Å²) in [6.45, 7) is 10.7. The zero-order valence-corrected chi connectivity index (χ0v) is 17.3. The second-order valence-electron chi connectivity index (χ2n) is 8.14. The monoisotopic (exact) mass is 380 g/mol. The van der Waals surface area contributed by atoms with Gasteiger partial charge in [0.05, 0.1) is 12.6 Å². The third kappa shape index (κ3) is 5.80. The van der Waals surface area contributed by atoms with Crippen LogP contribution in [0.2, 0.25) is 0 Å². The van der Waals surface area contributed by atoms with Crippen LogP contribution in [0.15, 0.2) is 48.8 Å². The van der Waals surface area contributed by atoms with E-state index in [2.05, 4.69) is 65.1 Å². The zero-order valence-electron chi connectivity index (χ0n) is 17.3. The topological polar surface area (TPSA) is 48.5 Å². The molecule has 28 heavy (non-hydrogen) atoms. The molecule has 0 aliphatic carbocycles. The van der Waals surface area contributed by atoms with Crippen molar-refractivity contribution >= 4 is 11.6 Å². The van der Waals surface area contributed by atoms with Gasteiger partial charge in [-0.2, -0.15) is 0 Å². The molecule has 0 saturated carbocycles. The molecule has 150 valence electrons. The van der Waals surface area contributed by atoms with Crippen LogP contribution in [0.4, 0.5) is 5.69 Å². The SMILES string of the molecule is Cc1cccc(N2CCN(CC(=O)NC(CC(C)C)c3cccnc3)CC2)c1. The number of hydrogen-bond donors (Lipinski definition) is 1. The smallest absolute Gasteiger partial charge is 0.234 e. The molecule has 1 aromatic carbocycles. The molecule has 0 spiro atoms. The Morgan fingerprint density at radius 3 is 2.57 bits per heavy atom. The largest absolute Gasteiger partial charge is 0.369 e. The molecule has 1 amide bonds. The Morgan fingerprint density at radius 1 is 1.14 bits per heavy atom. The van der Waals surface area contributed by atoms with Gasteiger partial charge >= 0.3 is 0 Å². The van der Waals surface area contributed by atoms with Crippen molar-refractivity contribution in [3.63, 3.8) is 0 Å². The second-order valence-corrected chi connectivity index (χ2v) is 8.14. The van der Waals surface area contributed by atoms with Crippen LogP contribution < -0.4 is 10.2 Å². The van der Waals surface area contributed by atoms with Crippen LogP contribution in [0.1, 0.15) is 37.4 Å². The summed E-state index contributed by atoms with van der Waals surface area (Å²) in [5.74, 6) is 0.599. The molecule has 2 heterocycles. The number of nitrogens with zero attached hydrogens (tertiary/aromatic N) is 3. The molecule has 3 rings (SSSR count). The van der Waals surface area contributed by atoms with Gasteiger partial charge in [-0.1, -0.05) is 32.0 Å². The number of aromatic nitrogens is 1. The summed E-state index contributed by atoms with van der Waals surface area (Å²) in [6.07, 6.45) is 4.54. The van der Waals surface area contributed by atoms with Gasteiger partial charge in [-0.05, 0) is 48.6 Å². The van der Waals surface area contributed by atoms with Crippen molar-refractivity contribution < 1.29 is 4.79 Å². The maximum absolute atomic E-state index is 12.7. The molecule has 1 N–H and O–H groups in total. The first-order valence-corrected chi connectivity index (χ1v) is 10.2. The van der Waals surface area contributed by atoms with Gasteiger partial charge < -0.3 is 10.2 Å². The van der Waals surface area contributed by atoms with Gasteiger partial charge in [-0.25, -0.2) is 0 Å². The molecule has 1 atom stereocenters. The predicted octanol–water partition coefficient (Wildman–Crippen LogP) is 3.42. The van der Waals surface area contributed by atoms with Gasteiger partial charge in [0.15, 0.2) is 0 Å². The van der Waals surface area contributed by atoms with E-state index in [4.69, 9.17) is 0 Å². The minimum atomic E-state index is 0.0229. The first kappa shape index (κ1) is 20.3. The third-order valence-electron chi connectivity index (χ3n) is 5.24. The molecule has 0 bridgehead atoms.